The van der Waals surface area contributed by atoms with Crippen molar-refractivity contribution in [2.75, 3.05) is 0 Å². The second kappa shape index (κ2) is 8.01. The van der Waals surface area contributed by atoms with E-state index in [0.29, 0.717) is 28.8 Å². The largest absolute Gasteiger partial charge is 0.489 e. The summed E-state index contributed by atoms with van der Waals surface area (Å²) in [5.74, 6) is 0.651. The normalized spacial score (nSPS) is 15.8. The lowest BCUT2D eigenvalue weighted by atomic mass is 9.78. The number of para-hydroxylation sites is 1. The van der Waals surface area contributed by atoms with Crippen molar-refractivity contribution < 1.29 is 9.47 Å². The minimum Gasteiger partial charge on any atom is -0.489 e. The molecule has 0 saturated carbocycles. The lowest BCUT2D eigenvalue weighted by Crippen LogP contribution is -2.24. The van der Waals surface area contributed by atoms with Gasteiger partial charge in [-0.1, -0.05) is 62.7 Å². The van der Waals surface area contributed by atoms with Crippen molar-refractivity contribution in [3.8, 4) is 17.7 Å². The number of ether oxygens (including phenoxy) is 2. The highest BCUT2D eigenvalue weighted by Crippen LogP contribution is 2.47. The van der Waals surface area contributed by atoms with Gasteiger partial charge in [0.15, 0.2) is 0 Å². The molecule has 0 saturated heterocycles. The van der Waals surface area contributed by atoms with E-state index in [9.17, 15) is 5.26 Å². The van der Waals surface area contributed by atoms with Crippen LogP contribution in [0.2, 0.25) is 5.02 Å². The minimum atomic E-state index is -0.455. The zero-order valence-corrected chi connectivity index (χ0v) is 18.3. The maximum absolute atomic E-state index is 9.92. The van der Waals surface area contributed by atoms with Gasteiger partial charge in [0.2, 0.25) is 11.8 Å². The molecular formula is C24H23ClN4O2. The molecule has 3 aromatic rings. The molecule has 2 heterocycles. The standard InChI is InChI=1S/C24H23ClN4O2/c1-24(2,3)21-20-19(17(12-26)22(27)31-23(20)29-28-21)16-6-4-5-7-18(16)30-13-14-8-10-15(25)11-9-14/h4-11,19H,13,27H2,1-3H3,(H,28,29)/t19-/m1/s1. The molecule has 0 spiro atoms. The van der Waals surface area contributed by atoms with Gasteiger partial charge in [-0.05, 0) is 23.8 Å². The third kappa shape index (κ3) is 3.97. The van der Waals surface area contributed by atoms with E-state index in [0.717, 1.165) is 22.4 Å². The molecule has 1 atom stereocenters. The number of fused-ring (bicyclic) bond motifs is 1. The van der Waals surface area contributed by atoms with Gasteiger partial charge in [0.05, 0.1) is 11.5 Å². The van der Waals surface area contributed by atoms with Crippen LogP contribution in [-0.2, 0) is 12.0 Å². The molecule has 158 valence electrons. The summed E-state index contributed by atoms with van der Waals surface area (Å²) in [5.41, 5.74) is 9.71. The van der Waals surface area contributed by atoms with Crippen LogP contribution in [-0.4, -0.2) is 10.2 Å². The fourth-order valence-electron chi connectivity index (χ4n) is 3.72. The molecule has 2 aromatic carbocycles. The number of hydrogen-bond acceptors (Lipinski definition) is 5. The Bertz CT molecular complexity index is 1180. The Balaban J connectivity index is 1.79. The fraction of sp³-hybridized carbons (Fsp3) is 0.250. The van der Waals surface area contributed by atoms with E-state index in [-0.39, 0.29) is 11.3 Å². The monoisotopic (exact) mass is 434 g/mol. The first-order chi connectivity index (χ1) is 14.8. The lowest BCUT2D eigenvalue weighted by molar-refractivity contribution is 0.301. The maximum atomic E-state index is 9.92. The predicted octanol–water partition coefficient (Wildman–Crippen LogP) is 5.16. The summed E-state index contributed by atoms with van der Waals surface area (Å²) in [5, 5.41) is 18.0. The number of halogens is 1. The quantitative estimate of drug-likeness (QED) is 0.591. The molecule has 0 unspecified atom stereocenters. The summed E-state index contributed by atoms with van der Waals surface area (Å²) in [6, 6.07) is 17.4. The third-order valence-electron chi connectivity index (χ3n) is 5.23. The summed E-state index contributed by atoms with van der Waals surface area (Å²) in [4.78, 5) is 0. The Morgan fingerprint density at radius 1 is 1.19 bits per heavy atom. The Labute approximate surface area is 186 Å². The molecule has 0 bridgehead atoms. The topological polar surface area (TPSA) is 97.0 Å². The molecular weight excluding hydrogens is 412 g/mol. The van der Waals surface area contributed by atoms with Crippen molar-refractivity contribution in [1.82, 2.24) is 10.2 Å². The Morgan fingerprint density at radius 2 is 1.90 bits per heavy atom. The number of aromatic amines is 1. The van der Waals surface area contributed by atoms with Crippen LogP contribution < -0.4 is 15.2 Å². The summed E-state index contributed by atoms with van der Waals surface area (Å²) < 4.78 is 11.9. The zero-order valence-electron chi connectivity index (χ0n) is 17.6. The number of nitriles is 1. The van der Waals surface area contributed by atoms with Gasteiger partial charge in [-0.2, -0.15) is 5.26 Å². The first-order valence-corrected chi connectivity index (χ1v) is 10.3. The predicted molar refractivity (Wildman–Crippen MR) is 119 cm³/mol. The van der Waals surface area contributed by atoms with Crippen LogP contribution >= 0.6 is 11.6 Å². The smallest absolute Gasteiger partial charge is 0.244 e. The molecule has 7 heteroatoms. The SMILES string of the molecule is CC(C)(C)c1[nH]nc2c1[C@H](c1ccccc1OCc1ccc(Cl)cc1)C(C#N)=C(N)O2. The number of rotatable bonds is 4. The molecule has 0 amide bonds. The van der Waals surface area contributed by atoms with Crippen LogP contribution in [0.4, 0.5) is 0 Å². The minimum absolute atomic E-state index is 0.0551. The van der Waals surface area contributed by atoms with E-state index in [1.807, 2.05) is 48.5 Å². The third-order valence-corrected chi connectivity index (χ3v) is 5.48. The van der Waals surface area contributed by atoms with Crippen LogP contribution in [0.5, 0.6) is 11.6 Å². The van der Waals surface area contributed by atoms with Crippen molar-refractivity contribution in [3.05, 3.63) is 87.4 Å². The van der Waals surface area contributed by atoms with E-state index >= 15 is 0 Å². The van der Waals surface area contributed by atoms with Crippen LogP contribution in [0.3, 0.4) is 0 Å². The number of hydrogen-bond donors (Lipinski definition) is 2. The van der Waals surface area contributed by atoms with Crippen molar-refractivity contribution in [3.63, 3.8) is 0 Å². The molecule has 1 aliphatic heterocycles. The molecule has 3 N–H and O–H groups in total. The van der Waals surface area contributed by atoms with Crippen LogP contribution in [0.15, 0.2) is 60.0 Å². The van der Waals surface area contributed by atoms with Gasteiger partial charge in [-0.3, -0.25) is 5.10 Å². The Morgan fingerprint density at radius 3 is 2.58 bits per heavy atom. The molecule has 0 aliphatic carbocycles. The summed E-state index contributed by atoms with van der Waals surface area (Å²) in [7, 11) is 0. The fourth-order valence-corrected chi connectivity index (χ4v) is 3.85. The van der Waals surface area contributed by atoms with Crippen molar-refractivity contribution in [1.29, 1.82) is 5.26 Å². The van der Waals surface area contributed by atoms with Gasteiger partial charge >= 0.3 is 0 Å². The van der Waals surface area contributed by atoms with Crippen molar-refractivity contribution in [2.24, 2.45) is 5.73 Å². The van der Waals surface area contributed by atoms with Crippen molar-refractivity contribution in [2.45, 2.75) is 38.7 Å². The van der Waals surface area contributed by atoms with Gasteiger partial charge in [0, 0.05) is 21.7 Å². The number of nitrogens with one attached hydrogen (secondary N) is 1. The maximum Gasteiger partial charge on any atom is 0.244 e. The number of nitrogens with two attached hydrogens (primary N) is 1. The number of allylic oxidation sites excluding steroid dienone is 1. The molecule has 0 fully saturated rings. The van der Waals surface area contributed by atoms with Crippen molar-refractivity contribution >= 4 is 11.6 Å². The first kappa shape index (κ1) is 20.8. The zero-order chi connectivity index (χ0) is 22.2. The number of nitrogens with zero attached hydrogens (tertiary/aromatic N) is 2. The average Bonchev–Trinajstić information content (AvgIpc) is 3.16. The first-order valence-electron chi connectivity index (χ1n) is 9.92. The highest BCUT2D eigenvalue weighted by molar-refractivity contribution is 6.30. The second-order valence-electron chi connectivity index (χ2n) is 8.45. The van der Waals surface area contributed by atoms with Crippen LogP contribution in [0.25, 0.3) is 0 Å². The van der Waals surface area contributed by atoms with E-state index in [1.54, 1.807) is 0 Å². The van der Waals surface area contributed by atoms with E-state index in [2.05, 4.69) is 37.0 Å². The lowest BCUT2D eigenvalue weighted by Gasteiger charge is -2.28. The van der Waals surface area contributed by atoms with Gasteiger partial charge in [-0.25, -0.2) is 0 Å². The van der Waals surface area contributed by atoms with Crippen LogP contribution in [0.1, 0.15) is 49.1 Å². The number of benzene rings is 2. The van der Waals surface area contributed by atoms with E-state index in [4.69, 9.17) is 26.8 Å². The second-order valence-corrected chi connectivity index (χ2v) is 8.88. The van der Waals surface area contributed by atoms with Gasteiger partial charge in [0.25, 0.3) is 0 Å². The Hall–Kier alpha value is -3.43. The summed E-state index contributed by atoms with van der Waals surface area (Å²) in [6.07, 6.45) is 0. The van der Waals surface area contributed by atoms with Gasteiger partial charge in [-0.15, -0.1) is 5.10 Å². The molecule has 0 radical (unpaired) electrons. The van der Waals surface area contributed by atoms with Gasteiger partial charge < -0.3 is 15.2 Å². The molecule has 1 aliphatic rings. The van der Waals surface area contributed by atoms with E-state index in [1.165, 1.54) is 0 Å². The molecule has 6 nitrogen and oxygen atoms in total. The van der Waals surface area contributed by atoms with Gasteiger partial charge in [0.1, 0.15) is 24.0 Å². The Kier molecular flexibility index (Phi) is 5.38. The molecule has 1 aromatic heterocycles. The number of H-pyrrole nitrogens is 1. The summed E-state index contributed by atoms with van der Waals surface area (Å²) >= 11 is 5.98. The average molecular weight is 435 g/mol. The van der Waals surface area contributed by atoms with Crippen LogP contribution in [0, 0.1) is 11.3 Å². The molecule has 31 heavy (non-hydrogen) atoms. The van der Waals surface area contributed by atoms with E-state index < -0.39 is 5.92 Å². The summed E-state index contributed by atoms with van der Waals surface area (Å²) in [6.45, 7) is 6.60. The highest BCUT2D eigenvalue weighted by Gasteiger charge is 2.39. The highest BCUT2D eigenvalue weighted by atomic mass is 35.5. The molecule has 4 rings (SSSR count). The number of aromatic nitrogens is 2.